The van der Waals surface area contributed by atoms with Crippen LogP contribution in [0.2, 0.25) is 0 Å². The maximum absolute atomic E-state index is 10.2. The van der Waals surface area contributed by atoms with Crippen molar-refractivity contribution in [1.82, 2.24) is 0 Å². The zero-order chi connectivity index (χ0) is 12.5. The van der Waals surface area contributed by atoms with E-state index in [0.717, 1.165) is 18.4 Å². The molecular weight excluding hydrogens is 196 g/mol. The summed E-state index contributed by atoms with van der Waals surface area (Å²) in [5.41, 5.74) is 1.18. The molecule has 0 aliphatic heterocycles. The monoisotopic (exact) mass is 222 g/mol. The highest BCUT2D eigenvalue weighted by Crippen LogP contribution is 2.49. The van der Waals surface area contributed by atoms with Gasteiger partial charge in [0.25, 0.3) is 0 Å². The Morgan fingerprint density at radius 3 is 2.44 bits per heavy atom. The van der Waals surface area contributed by atoms with E-state index >= 15 is 0 Å². The largest absolute Gasteiger partial charge is 0.392 e. The predicted molar refractivity (Wildman–Crippen MR) is 70.2 cm³/mol. The first-order valence-corrected chi connectivity index (χ1v) is 6.29. The third-order valence-electron chi connectivity index (χ3n) is 4.37. The maximum atomic E-state index is 10.2. The van der Waals surface area contributed by atoms with Crippen LogP contribution in [0.5, 0.6) is 0 Å². The Kier molecular flexibility index (Phi) is 4.01. The molecule has 1 aliphatic carbocycles. The highest BCUT2D eigenvalue weighted by molar-refractivity contribution is 5.10. The standard InChI is InChI=1S/C15H26O/c1-7-15(6)9-14(16)12(10(2)3)8-13(15)11(4)5/h7,11-14,16H,1-2,8-9H2,3-6H3/t12-,13+,14+,15-/m1/s1. The van der Waals surface area contributed by atoms with Crippen molar-refractivity contribution in [3.8, 4) is 0 Å². The van der Waals surface area contributed by atoms with E-state index in [0.29, 0.717) is 11.8 Å². The molecule has 4 atom stereocenters. The van der Waals surface area contributed by atoms with Crippen LogP contribution >= 0.6 is 0 Å². The van der Waals surface area contributed by atoms with Crippen molar-refractivity contribution in [2.75, 3.05) is 0 Å². The highest BCUT2D eigenvalue weighted by Gasteiger charge is 2.43. The number of allylic oxidation sites excluding steroid dienone is 1. The lowest BCUT2D eigenvalue weighted by Crippen LogP contribution is -2.43. The molecule has 1 aliphatic rings. The lowest BCUT2D eigenvalue weighted by Gasteiger charge is -2.47. The van der Waals surface area contributed by atoms with Crippen molar-refractivity contribution in [3.05, 3.63) is 24.8 Å². The second kappa shape index (κ2) is 4.75. The van der Waals surface area contributed by atoms with Crippen LogP contribution in [-0.4, -0.2) is 11.2 Å². The second-order valence-corrected chi connectivity index (χ2v) is 6.02. The SMILES string of the molecule is C=C[C@]1(C)C[C@H](O)[C@@H](C(=C)C)C[C@H]1C(C)C. The van der Waals surface area contributed by atoms with Gasteiger partial charge in [0.2, 0.25) is 0 Å². The molecule has 0 unspecified atom stereocenters. The van der Waals surface area contributed by atoms with Crippen molar-refractivity contribution in [1.29, 1.82) is 0 Å². The van der Waals surface area contributed by atoms with Crippen LogP contribution in [0.3, 0.4) is 0 Å². The summed E-state index contributed by atoms with van der Waals surface area (Å²) < 4.78 is 0. The van der Waals surface area contributed by atoms with Crippen molar-refractivity contribution in [2.45, 2.75) is 46.6 Å². The molecule has 0 aromatic rings. The Bertz CT molecular complexity index is 279. The number of aliphatic hydroxyl groups excluding tert-OH is 1. The van der Waals surface area contributed by atoms with Crippen LogP contribution in [0.15, 0.2) is 24.8 Å². The fraction of sp³-hybridized carbons (Fsp3) is 0.733. The smallest absolute Gasteiger partial charge is 0.0613 e. The summed E-state index contributed by atoms with van der Waals surface area (Å²) in [6.07, 6.45) is 3.64. The minimum absolute atomic E-state index is 0.0690. The fourth-order valence-corrected chi connectivity index (χ4v) is 3.24. The lowest BCUT2D eigenvalue weighted by atomic mass is 9.59. The van der Waals surface area contributed by atoms with Crippen molar-refractivity contribution < 1.29 is 5.11 Å². The molecule has 1 fully saturated rings. The van der Waals surface area contributed by atoms with E-state index in [1.54, 1.807) is 0 Å². The predicted octanol–water partition coefficient (Wildman–Crippen LogP) is 3.80. The van der Waals surface area contributed by atoms with Gasteiger partial charge in [-0.3, -0.25) is 0 Å². The summed E-state index contributed by atoms with van der Waals surface area (Å²) in [6.45, 7) is 16.8. The average Bonchev–Trinajstić information content (AvgIpc) is 2.16. The summed E-state index contributed by atoms with van der Waals surface area (Å²) in [5.74, 6) is 1.48. The lowest BCUT2D eigenvalue weighted by molar-refractivity contribution is -0.0113. The van der Waals surface area contributed by atoms with Crippen molar-refractivity contribution in [2.24, 2.45) is 23.2 Å². The van der Waals surface area contributed by atoms with Gasteiger partial charge in [0, 0.05) is 5.92 Å². The summed E-state index contributed by atoms with van der Waals surface area (Å²) in [7, 11) is 0. The van der Waals surface area contributed by atoms with E-state index in [2.05, 4.69) is 33.9 Å². The molecule has 0 spiro atoms. The van der Waals surface area contributed by atoms with Crippen LogP contribution in [-0.2, 0) is 0 Å². The van der Waals surface area contributed by atoms with Gasteiger partial charge in [0.1, 0.15) is 0 Å². The maximum Gasteiger partial charge on any atom is 0.0613 e. The van der Waals surface area contributed by atoms with E-state index in [-0.39, 0.29) is 17.4 Å². The van der Waals surface area contributed by atoms with E-state index in [4.69, 9.17) is 0 Å². The number of rotatable bonds is 3. The minimum Gasteiger partial charge on any atom is -0.392 e. The first-order chi connectivity index (χ1) is 7.31. The second-order valence-electron chi connectivity index (χ2n) is 6.02. The normalized spacial score (nSPS) is 39.8. The number of hydrogen-bond acceptors (Lipinski definition) is 1. The molecular formula is C15H26O. The van der Waals surface area contributed by atoms with Gasteiger partial charge in [0.05, 0.1) is 6.10 Å². The molecule has 0 amide bonds. The molecule has 0 radical (unpaired) electrons. The number of aliphatic hydroxyl groups is 1. The van der Waals surface area contributed by atoms with Gasteiger partial charge in [0.15, 0.2) is 0 Å². The Morgan fingerprint density at radius 2 is 2.06 bits per heavy atom. The zero-order valence-electron chi connectivity index (χ0n) is 11.2. The van der Waals surface area contributed by atoms with Crippen LogP contribution in [0.1, 0.15) is 40.5 Å². The van der Waals surface area contributed by atoms with Crippen molar-refractivity contribution >= 4 is 0 Å². The van der Waals surface area contributed by atoms with Gasteiger partial charge in [-0.15, -0.1) is 6.58 Å². The molecule has 1 heteroatoms. The minimum atomic E-state index is -0.254. The Balaban J connectivity index is 2.95. The van der Waals surface area contributed by atoms with Crippen LogP contribution < -0.4 is 0 Å². The first kappa shape index (κ1) is 13.5. The van der Waals surface area contributed by atoms with Gasteiger partial charge in [-0.25, -0.2) is 0 Å². The van der Waals surface area contributed by atoms with E-state index in [1.807, 2.05) is 13.0 Å². The number of hydrogen-bond donors (Lipinski definition) is 1. The summed E-state index contributed by atoms with van der Waals surface area (Å²) >= 11 is 0. The zero-order valence-corrected chi connectivity index (χ0v) is 11.2. The molecule has 0 aromatic carbocycles. The Hall–Kier alpha value is -0.560. The molecule has 1 N–H and O–H groups in total. The van der Waals surface area contributed by atoms with Gasteiger partial charge in [-0.1, -0.05) is 39.0 Å². The molecule has 0 heterocycles. The summed E-state index contributed by atoms with van der Waals surface area (Å²) in [6, 6.07) is 0. The first-order valence-electron chi connectivity index (χ1n) is 6.29. The Labute approximate surface area is 100 Å². The van der Waals surface area contributed by atoms with E-state index < -0.39 is 0 Å². The third kappa shape index (κ3) is 2.40. The Morgan fingerprint density at radius 1 is 1.50 bits per heavy atom. The van der Waals surface area contributed by atoms with Crippen LogP contribution in [0.25, 0.3) is 0 Å². The highest BCUT2D eigenvalue weighted by atomic mass is 16.3. The third-order valence-corrected chi connectivity index (χ3v) is 4.37. The fourth-order valence-electron chi connectivity index (χ4n) is 3.24. The molecule has 92 valence electrons. The van der Waals surface area contributed by atoms with Crippen LogP contribution in [0, 0.1) is 23.2 Å². The molecule has 0 saturated heterocycles. The molecule has 16 heavy (non-hydrogen) atoms. The molecule has 0 aromatic heterocycles. The van der Waals surface area contributed by atoms with Crippen LogP contribution in [0.4, 0.5) is 0 Å². The molecule has 1 saturated carbocycles. The molecule has 1 nitrogen and oxygen atoms in total. The summed E-state index contributed by atoms with van der Waals surface area (Å²) in [4.78, 5) is 0. The average molecular weight is 222 g/mol. The molecule has 0 bridgehead atoms. The van der Waals surface area contributed by atoms with E-state index in [9.17, 15) is 5.11 Å². The van der Waals surface area contributed by atoms with Gasteiger partial charge in [-0.05, 0) is 37.0 Å². The summed E-state index contributed by atoms with van der Waals surface area (Å²) in [5, 5.41) is 10.2. The van der Waals surface area contributed by atoms with Crippen molar-refractivity contribution in [3.63, 3.8) is 0 Å². The van der Waals surface area contributed by atoms with Gasteiger partial charge in [-0.2, -0.15) is 0 Å². The van der Waals surface area contributed by atoms with Gasteiger partial charge < -0.3 is 5.11 Å². The quantitative estimate of drug-likeness (QED) is 0.720. The molecule has 1 rings (SSSR count). The van der Waals surface area contributed by atoms with E-state index in [1.165, 1.54) is 0 Å². The topological polar surface area (TPSA) is 20.2 Å². The van der Waals surface area contributed by atoms with Gasteiger partial charge >= 0.3 is 0 Å².